The second-order valence-electron chi connectivity index (χ2n) is 4.69. The molecule has 1 aromatic carbocycles. The first kappa shape index (κ1) is 13.0. The van der Waals surface area contributed by atoms with Crippen LogP contribution in [0.4, 0.5) is 0 Å². The van der Waals surface area contributed by atoms with E-state index in [2.05, 4.69) is 0 Å². The quantitative estimate of drug-likeness (QED) is 0.651. The summed E-state index contributed by atoms with van der Waals surface area (Å²) in [4.78, 5) is 13.2. The zero-order valence-electron chi connectivity index (χ0n) is 11.3. The van der Waals surface area contributed by atoms with Crippen molar-refractivity contribution in [2.75, 3.05) is 6.26 Å². The Kier molecular flexibility index (Phi) is 3.36. The molecule has 20 heavy (non-hydrogen) atoms. The number of rotatable bonds is 2. The highest BCUT2D eigenvalue weighted by molar-refractivity contribution is 7.98. The first-order chi connectivity index (χ1) is 9.69. The Morgan fingerprint density at radius 1 is 1.05 bits per heavy atom. The number of hydrogen-bond acceptors (Lipinski definition) is 3. The number of thioether (sulfide) groups is 1. The van der Waals surface area contributed by atoms with Gasteiger partial charge in [-0.15, -0.1) is 11.8 Å². The van der Waals surface area contributed by atoms with Gasteiger partial charge in [-0.25, -0.2) is 4.79 Å². The Morgan fingerprint density at radius 2 is 1.80 bits per heavy atom. The normalized spacial score (nSPS) is 10.9. The fourth-order valence-electron chi connectivity index (χ4n) is 2.25. The standard InChI is InChI=1S/C17H14O2S/c1-11-6-8-12(9-7-11)16-14-5-3-4-13(20-2)10-15(14)19-17(16)18/h3-10H,1-2H3. The third-order valence-electron chi connectivity index (χ3n) is 3.31. The summed E-state index contributed by atoms with van der Waals surface area (Å²) in [7, 11) is 0. The van der Waals surface area contributed by atoms with Crippen LogP contribution >= 0.6 is 11.8 Å². The zero-order valence-corrected chi connectivity index (χ0v) is 12.2. The van der Waals surface area contributed by atoms with Gasteiger partial charge in [-0.1, -0.05) is 42.0 Å². The van der Waals surface area contributed by atoms with Gasteiger partial charge in [0.15, 0.2) is 0 Å². The molecule has 1 aliphatic heterocycles. The molecule has 2 nitrogen and oxygen atoms in total. The van der Waals surface area contributed by atoms with Crippen molar-refractivity contribution in [1.82, 2.24) is 0 Å². The minimum atomic E-state index is -0.276. The van der Waals surface area contributed by atoms with Gasteiger partial charge in [-0.2, -0.15) is 0 Å². The van der Waals surface area contributed by atoms with Crippen molar-refractivity contribution < 1.29 is 4.42 Å². The van der Waals surface area contributed by atoms with Crippen molar-refractivity contribution in [3.8, 4) is 22.5 Å². The molecule has 0 radical (unpaired) electrons. The van der Waals surface area contributed by atoms with Gasteiger partial charge in [0.05, 0.1) is 5.56 Å². The van der Waals surface area contributed by atoms with E-state index in [1.54, 1.807) is 11.8 Å². The first-order valence-electron chi connectivity index (χ1n) is 6.37. The second-order valence-corrected chi connectivity index (χ2v) is 5.56. The molecule has 0 N–H and O–H groups in total. The van der Waals surface area contributed by atoms with E-state index in [9.17, 15) is 4.79 Å². The lowest BCUT2D eigenvalue weighted by Gasteiger charge is -1.99. The minimum absolute atomic E-state index is 0.276. The van der Waals surface area contributed by atoms with Crippen LogP contribution in [0.3, 0.4) is 0 Å². The lowest BCUT2D eigenvalue weighted by atomic mass is 10.0. The van der Waals surface area contributed by atoms with E-state index in [-0.39, 0.29) is 5.63 Å². The molecule has 0 spiro atoms. The van der Waals surface area contributed by atoms with Crippen molar-refractivity contribution in [2.45, 2.75) is 11.8 Å². The van der Waals surface area contributed by atoms with E-state index in [1.165, 1.54) is 5.56 Å². The van der Waals surface area contributed by atoms with Crippen LogP contribution in [0.5, 0.6) is 0 Å². The molecular formula is C17H14O2S. The molecular weight excluding hydrogens is 268 g/mol. The van der Waals surface area contributed by atoms with E-state index < -0.39 is 0 Å². The molecule has 0 amide bonds. The average molecular weight is 282 g/mol. The predicted octanol–water partition coefficient (Wildman–Crippen LogP) is 4.44. The van der Waals surface area contributed by atoms with E-state index >= 15 is 0 Å². The van der Waals surface area contributed by atoms with Crippen LogP contribution < -0.4 is 5.63 Å². The van der Waals surface area contributed by atoms with Crippen LogP contribution in [0.25, 0.3) is 22.5 Å². The Morgan fingerprint density at radius 3 is 2.50 bits per heavy atom. The molecule has 0 saturated heterocycles. The van der Waals surface area contributed by atoms with Gasteiger partial charge < -0.3 is 4.42 Å². The molecule has 1 aromatic rings. The Labute approximate surface area is 121 Å². The van der Waals surface area contributed by atoms with Crippen LogP contribution in [-0.2, 0) is 0 Å². The highest BCUT2D eigenvalue weighted by atomic mass is 32.2. The monoisotopic (exact) mass is 282 g/mol. The molecule has 3 rings (SSSR count). The average Bonchev–Trinajstić information content (AvgIpc) is 2.63. The molecule has 0 saturated carbocycles. The smallest absolute Gasteiger partial charge is 0.344 e. The SMILES string of the molecule is CSc1cccc2c(-c3ccc(C)cc3)c(=O)oc-2c1. The third-order valence-corrected chi connectivity index (χ3v) is 4.04. The Hall–Kier alpha value is -2.00. The highest BCUT2D eigenvalue weighted by Crippen LogP contribution is 2.33. The third kappa shape index (κ3) is 2.25. The van der Waals surface area contributed by atoms with Gasteiger partial charge in [0.25, 0.3) is 0 Å². The van der Waals surface area contributed by atoms with E-state index in [1.807, 2.05) is 61.7 Å². The van der Waals surface area contributed by atoms with E-state index in [0.717, 1.165) is 16.0 Å². The van der Waals surface area contributed by atoms with Crippen molar-refractivity contribution in [1.29, 1.82) is 0 Å². The van der Waals surface area contributed by atoms with Crippen molar-refractivity contribution in [2.24, 2.45) is 0 Å². The van der Waals surface area contributed by atoms with Gasteiger partial charge in [-0.05, 0) is 30.9 Å². The van der Waals surface area contributed by atoms with Gasteiger partial charge in [0.2, 0.25) is 0 Å². The summed E-state index contributed by atoms with van der Waals surface area (Å²) in [5.74, 6) is 0.639. The maximum Gasteiger partial charge on any atom is 0.344 e. The van der Waals surface area contributed by atoms with Crippen molar-refractivity contribution in [3.63, 3.8) is 0 Å². The lowest BCUT2D eigenvalue weighted by Crippen LogP contribution is -1.95. The molecule has 0 aromatic heterocycles. The fourth-order valence-corrected chi connectivity index (χ4v) is 2.69. The number of furan rings is 1. The van der Waals surface area contributed by atoms with Gasteiger partial charge >= 0.3 is 5.63 Å². The Balaban J connectivity index is 2.23. The van der Waals surface area contributed by atoms with Crippen LogP contribution in [-0.4, -0.2) is 6.26 Å². The molecule has 1 aliphatic carbocycles. The topological polar surface area (TPSA) is 30.2 Å². The summed E-state index contributed by atoms with van der Waals surface area (Å²) in [5, 5.41) is 0. The Bertz CT molecular complexity index is 772. The minimum Gasteiger partial charge on any atom is -0.422 e. The highest BCUT2D eigenvalue weighted by Gasteiger charge is 2.18. The van der Waals surface area contributed by atoms with E-state index in [4.69, 9.17) is 4.42 Å². The predicted molar refractivity (Wildman–Crippen MR) is 83.6 cm³/mol. The summed E-state index contributed by atoms with van der Waals surface area (Å²) in [6, 6.07) is 15.8. The number of benzene rings is 1. The molecule has 0 unspecified atom stereocenters. The largest absolute Gasteiger partial charge is 0.422 e. The second kappa shape index (κ2) is 5.17. The molecule has 0 fully saturated rings. The van der Waals surface area contributed by atoms with Crippen LogP contribution in [0, 0.1) is 6.92 Å². The van der Waals surface area contributed by atoms with E-state index in [0.29, 0.717) is 11.3 Å². The van der Waals surface area contributed by atoms with Gasteiger partial charge in [0.1, 0.15) is 5.76 Å². The van der Waals surface area contributed by atoms with Crippen molar-refractivity contribution in [3.05, 3.63) is 64.5 Å². The number of aryl methyl sites for hydroxylation is 1. The maximum atomic E-state index is 12.2. The summed E-state index contributed by atoms with van der Waals surface area (Å²) < 4.78 is 5.42. The summed E-state index contributed by atoms with van der Waals surface area (Å²) in [6.45, 7) is 2.03. The maximum absolute atomic E-state index is 12.2. The summed E-state index contributed by atoms with van der Waals surface area (Å²) in [6.07, 6.45) is 2.00. The van der Waals surface area contributed by atoms with Gasteiger partial charge in [-0.3, -0.25) is 0 Å². The van der Waals surface area contributed by atoms with Gasteiger partial charge in [0, 0.05) is 10.5 Å². The first-order valence-corrected chi connectivity index (χ1v) is 7.59. The molecule has 3 heteroatoms. The molecule has 0 bridgehead atoms. The molecule has 2 aliphatic rings. The summed E-state index contributed by atoms with van der Waals surface area (Å²) >= 11 is 1.63. The molecule has 1 heterocycles. The summed E-state index contributed by atoms with van der Waals surface area (Å²) in [5.41, 5.74) is 3.30. The van der Waals surface area contributed by atoms with Crippen molar-refractivity contribution >= 4 is 11.8 Å². The number of hydrogen-bond donors (Lipinski definition) is 0. The molecule has 0 atom stereocenters. The van der Waals surface area contributed by atoms with Crippen LogP contribution in [0.2, 0.25) is 0 Å². The van der Waals surface area contributed by atoms with Crippen LogP contribution in [0.1, 0.15) is 5.56 Å². The lowest BCUT2D eigenvalue weighted by molar-refractivity contribution is 0.545. The van der Waals surface area contributed by atoms with Crippen LogP contribution in [0.15, 0.2) is 62.6 Å². The number of fused-ring (bicyclic) bond motifs is 1. The molecule has 100 valence electrons. The zero-order chi connectivity index (χ0) is 14.1. The fraction of sp³-hybridized carbons (Fsp3) is 0.118.